The predicted molar refractivity (Wildman–Crippen MR) is 74.6 cm³/mol. The molecule has 1 amide bonds. The SMILES string of the molecule is CCC(CC)CNC(=O)c1ccccc1SC. The van der Waals surface area contributed by atoms with E-state index < -0.39 is 0 Å². The van der Waals surface area contributed by atoms with Crippen molar-refractivity contribution in [3.05, 3.63) is 29.8 Å². The van der Waals surface area contributed by atoms with E-state index in [1.54, 1.807) is 11.8 Å². The van der Waals surface area contributed by atoms with Crippen LogP contribution in [-0.2, 0) is 0 Å². The van der Waals surface area contributed by atoms with E-state index in [1.165, 1.54) is 0 Å². The highest BCUT2D eigenvalue weighted by Crippen LogP contribution is 2.19. The molecule has 0 aliphatic carbocycles. The molecule has 0 fully saturated rings. The van der Waals surface area contributed by atoms with E-state index in [-0.39, 0.29) is 5.91 Å². The second kappa shape index (κ2) is 7.38. The maximum atomic E-state index is 12.0. The summed E-state index contributed by atoms with van der Waals surface area (Å²) in [5.74, 6) is 0.627. The van der Waals surface area contributed by atoms with Crippen LogP contribution in [0.25, 0.3) is 0 Å². The van der Waals surface area contributed by atoms with Crippen LogP contribution in [0.4, 0.5) is 0 Å². The maximum absolute atomic E-state index is 12.0. The van der Waals surface area contributed by atoms with Crippen LogP contribution in [-0.4, -0.2) is 18.7 Å². The molecule has 0 saturated carbocycles. The fourth-order valence-corrected chi connectivity index (χ4v) is 2.34. The molecule has 1 aromatic rings. The van der Waals surface area contributed by atoms with Crippen molar-refractivity contribution in [2.75, 3.05) is 12.8 Å². The Morgan fingerprint density at radius 3 is 2.53 bits per heavy atom. The minimum atomic E-state index is 0.0434. The van der Waals surface area contributed by atoms with Gasteiger partial charge >= 0.3 is 0 Å². The van der Waals surface area contributed by atoms with Gasteiger partial charge in [0.2, 0.25) is 0 Å². The van der Waals surface area contributed by atoms with Crippen LogP contribution >= 0.6 is 11.8 Å². The molecule has 0 aromatic heterocycles. The Balaban J connectivity index is 2.63. The molecule has 1 aromatic carbocycles. The Labute approximate surface area is 108 Å². The molecule has 2 nitrogen and oxygen atoms in total. The van der Waals surface area contributed by atoms with Crippen molar-refractivity contribution >= 4 is 17.7 Å². The van der Waals surface area contributed by atoms with Crippen molar-refractivity contribution in [2.45, 2.75) is 31.6 Å². The minimum Gasteiger partial charge on any atom is -0.352 e. The third-order valence-electron chi connectivity index (χ3n) is 3.06. The van der Waals surface area contributed by atoms with Crippen molar-refractivity contribution in [3.63, 3.8) is 0 Å². The molecule has 0 atom stereocenters. The van der Waals surface area contributed by atoms with Gasteiger partial charge < -0.3 is 5.32 Å². The lowest BCUT2D eigenvalue weighted by atomic mass is 10.0. The Hall–Kier alpha value is -0.960. The number of hydrogen-bond donors (Lipinski definition) is 1. The topological polar surface area (TPSA) is 29.1 Å². The number of nitrogens with one attached hydrogen (secondary N) is 1. The van der Waals surface area contributed by atoms with Crippen LogP contribution in [0.2, 0.25) is 0 Å². The summed E-state index contributed by atoms with van der Waals surface area (Å²) in [5, 5.41) is 3.02. The molecule has 0 bridgehead atoms. The number of carbonyl (C=O) groups excluding carboxylic acids is 1. The van der Waals surface area contributed by atoms with E-state index >= 15 is 0 Å². The highest BCUT2D eigenvalue weighted by Gasteiger charge is 2.11. The summed E-state index contributed by atoms with van der Waals surface area (Å²) in [6, 6.07) is 7.74. The summed E-state index contributed by atoms with van der Waals surface area (Å²) < 4.78 is 0. The number of amides is 1. The normalized spacial score (nSPS) is 10.6. The molecule has 0 aliphatic heterocycles. The highest BCUT2D eigenvalue weighted by molar-refractivity contribution is 7.98. The number of hydrogen-bond acceptors (Lipinski definition) is 2. The summed E-state index contributed by atoms with van der Waals surface area (Å²) in [4.78, 5) is 13.1. The third kappa shape index (κ3) is 4.08. The molecule has 94 valence electrons. The van der Waals surface area contributed by atoms with Gasteiger partial charge in [0.25, 0.3) is 5.91 Å². The van der Waals surface area contributed by atoms with Crippen LogP contribution in [0.15, 0.2) is 29.2 Å². The zero-order valence-corrected chi connectivity index (χ0v) is 11.6. The quantitative estimate of drug-likeness (QED) is 0.783. The molecule has 0 saturated heterocycles. The number of carbonyl (C=O) groups is 1. The molecule has 0 heterocycles. The lowest BCUT2D eigenvalue weighted by molar-refractivity contribution is 0.0943. The van der Waals surface area contributed by atoms with Crippen molar-refractivity contribution in [1.29, 1.82) is 0 Å². The van der Waals surface area contributed by atoms with E-state index in [9.17, 15) is 4.79 Å². The first-order valence-corrected chi connectivity index (χ1v) is 7.36. The Kier molecular flexibility index (Phi) is 6.12. The molecule has 0 aliphatic rings. The van der Waals surface area contributed by atoms with Gasteiger partial charge in [-0.05, 0) is 24.3 Å². The average molecular weight is 251 g/mol. The lowest BCUT2D eigenvalue weighted by Gasteiger charge is -2.14. The summed E-state index contributed by atoms with van der Waals surface area (Å²) in [7, 11) is 0. The molecular weight excluding hydrogens is 230 g/mol. The van der Waals surface area contributed by atoms with Crippen LogP contribution in [0, 0.1) is 5.92 Å². The molecule has 0 unspecified atom stereocenters. The van der Waals surface area contributed by atoms with Gasteiger partial charge in [-0.2, -0.15) is 0 Å². The van der Waals surface area contributed by atoms with Crippen molar-refractivity contribution < 1.29 is 4.79 Å². The van der Waals surface area contributed by atoms with E-state index in [4.69, 9.17) is 0 Å². The second-order valence-corrected chi connectivity index (χ2v) is 4.94. The summed E-state index contributed by atoms with van der Waals surface area (Å²) in [6.45, 7) is 5.10. The van der Waals surface area contributed by atoms with Crippen LogP contribution in [0.1, 0.15) is 37.0 Å². The van der Waals surface area contributed by atoms with Crippen molar-refractivity contribution in [1.82, 2.24) is 5.32 Å². The summed E-state index contributed by atoms with van der Waals surface area (Å²) >= 11 is 1.61. The van der Waals surface area contributed by atoms with E-state index in [0.717, 1.165) is 29.8 Å². The Bertz CT molecular complexity index is 361. The van der Waals surface area contributed by atoms with Gasteiger partial charge in [0.15, 0.2) is 0 Å². The fraction of sp³-hybridized carbons (Fsp3) is 0.500. The fourth-order valence-electron chi connectivity index (χ4n) is 1.74. The minimum absolute atomic E-state index is 0.0434. The summed E-state index contributed by atoms with van der Waals surface area (Å²) in [6.07, 6.45) is 4.22. The standard InChI is InChI=1S/C14H21NOS/c1-4-11(5-2)10-15-14(16)12-8-6-7-9-13(12)17-3/h6-9,11H,4-5,10H2,1-3H3,(H,15,16). The molecule has 1 N–H and O–H groups in total. The van der Waals surface area contributed by atoms with Gasteiger partial charge in [-0.15, -0.1) is 11.8 Å². The molecule has 0 spiro atoms. The lowest BCUT2D eigenvalue weighted by Crippen LogP contribution is -2.29. The van der Waals surface area contributed by atoms with Gasteiger partial charge in [-0.1, -0.05) is 38.8 Å². The van der Waals surface area contributed by atoms with Gasteiger partial charge in [0.1, 0.15) is 0 Å². The highest BCUT2D eigenvalue weighted by atomic mass is 32.2. The average Bonchev–Trinajstić information content (AvgIpc) is 2.39. The third-order valence-corrected chi connectivity index (χ3v) is 3.85. The van der Waals surface area contributed by atoms with Gasteiger partial charge in [0, 0.05) is 11.4 Å². The van der Waals surface area contributed by atoms with Gasteiger partial charge in [0.05, 0.1) is 5.56 Å². The second-order valence-electron chi connectivity index (χ2n) is 4.09. The van der Waals surface area contributed by atoms with E-state index in [1.807, 2.05) is 30.5 Å². The largest absolute Gasteiger partial charge is 0.352 e. The summed E-state index contributed by atoms with van der Waals surface area (Å²) in [5.41, 5.74) is 0.783. The zero-order valence-electron chi connectivity index (χ0n) is 10.8. The first kappa shape index (κ1) is 14.1. The van der Waals surface area contributed by atoms with Crippen molar-refractivity contribution in [3.8, 4) is 0 Å². The molecular formula is C14H21NOS. The van der Waals surface area contributed by atoms with Gasteiger partial charge in [-0.25, -0.2) is 0 Å². The zero-order chi connectivity index (χ0) is 12.7. The molecule has 1 rings (SSSR count). The maximum Gasteiger partial charge on any atom is 0.252 e. The van der Waals surface area contributed by atoms with Crippen LogP contribution in [0.5, 0.6) is 0 Å². The van der Waals surface area contributed by atoms with E-state index in [2.05, 4.69) is 19.2 Å². The number of benzene rings is 1. The first-order valence-electron chi connectivity index (χ1n) is 6.14. The Morgan fingerprint density at radius 2 is 1.94 bits per heavy atom. The molecule has 3 heteroatoms. The number of rotatable bonds is 6. The molecule has 17 heavy (non-hydrogen) atoms. The first-order chi connectivity index (χ1) is 8.22. The smallest absolute Gasteiger partial charge is 0.252 e. The predicted octanol–water partition coefficient (Wildman–Crippen LogP) is 3.57. The van der Waals surface area contributed by atoms with E-state index in [0.29, 0.717) is 5.92 Å². The van der Waals surface area contributed by atoms with Crippen molar-refractivity contribution in [2.24, 2.45) is 5.92 Å². The Morgan fingerprint density at radius 1 is 1.29 bits per heavy atom. The van der Waals surface area contributed by atoms with Gasteiger partial charge in [-0.3, -0.25) is 4.79 Å². The molecule has 0 radical (unpaired) electrons. The number of thioether (sulfide) groups is 1. The monoisotopic (exact) mass is 251 g/mol. The van der Waals surface area contributed by atoms with Crippen LogP contribution in [0.3, 0.4) is 0 Å². The van der Waals surface area contributed by atoms with Crippen LogP contribution < -0.4 is 5.32 Å².